The van der Waals surface area contributed by atoms with Gasteiger partial charge in [0.2, 0.25) is 0 Å². The average molecular weight is 258 g/mol. The Balaban J connectivity index is 4.32. The normalized spacial score (nSPS) is 12.9. The van der Waals surface area contributed by atoms with E-state index in [1.807, 2.05) is 13.8 Å². The standard InChI is InChI=1S/C14H26O4/c1-4-5-6-7-8-11(10(2)3)9-12(13(15)16)14(17)18/h10-12H,4-9H2,1-3H3,(H,15,16)(H,17,18). The van der Waals surface area contributed by atoms with Crippen LogP contribution in [0.4, 0.5) is 0 Å². The van der Waals surface area contributed by atoms with Crippen LogP contribution in [-0.4, -0.2) is 22.2 Å². The van der Waals surface area contributed by atoms with Crippen molar-refractivity contribution in [2.45, 2.75) is 59.3 Å². The number of hydrogen-bond acceptors (Lipinski definition) is 2. The summed E-state index contributed by atoms with van der Waals surface area (Å²) in [6.45, 7) is 6.21. The molecular weight excluding hydrogens is 232 g/mol. The third-order valence-corrected chi connectivity index (χ3v) is 3.51. The Labute approximate surface area is 109 Å². The van der Waals surface area contributed by atoms with Gasteiger partial charge in [0.25, 0.3) is 0 Å². The summed E-state index contributed by atoms with van der Waals surface area (Å²) in [7, 11) is 0. The summed E-state index contributed by atoms with van der Waals surface area (Å²) in [6, 6.07) is 0. The smallest absolute Gasteiger partial charge is 0.317 e. The lowest BCUT2D eigenvalue weighted by Crippen LogP contribution is -2.27. The quantitative estimate of drug-likeness (QED) is 0.465. The van der Waals surface area contributed by atoms with Gasteiger partial charge in [-0.05, 0) is 18.3 Å². The maximum atomic E-state index is 10.9. The zero-order valence-corrected chi connectivity index (χ0v) is 11.7. The monoisotopic (exact) mass is 258 g/mol. The molecule has 0 aromatic carbocycles. The molecule has 106 valence electrons. The van der Waals surface area contributed by atoms with Gasteiger partial charge in [-0.2, -0.15) is 0 Å². The number of carbonyl (C=O) groups is 2. The van der Waals surface area contributed by atoms with Crippen molar-refractivity contribution in [2.24, 2.45) is 17.8 Å². The van der Waals surface area contributed by atoms with E-state index in [-0.39, 0.29) is 12.3 Å². The zero-order chi connectivity index (χ0) is 14.1. The van der Waals surface area contributed by atoms with Gasteiger partial charge >= 0.3 is 11.9 Å². The molecule has 18 heavy (non-hydrogen) atoms. The van der Waals surface area contributed by atoms with Crippen molar-refractivity contribution in [1.82, 2.24) is 0 Å². The van der Waals surface area contributed by atoms with Gasteiger partial charge < -0.3 is 10.2 Å². The predicted molar refractivity (Wildman–Crippen MR) is 70.5 cm³/mol. The molecule has 0 aliphatic carbocycles. The lowest BCUT2D eigenvalue weighted by atomic mass is 9.82. The summed E-state index contributed by atoms with van der Waals surface area (Å²) >= 11 is 0. The minimum absolute atomic E-state index is 0.180. The van der Waals surface area contributed by atoms with Crippen molar-refractivity contribution < 1.29 is 19.8 Å². The van der Waals surface area contributed by atoms with Gasteiger partial charge in [-0.15, -0.1) is 0 Å². The van der Waals surface area contributed by atoms with E-state index < -0.39 is 17.9 Å². The highest BCUT2D eigenvalue weighted by atomic mass is 16.4. The summed E-state index contributed by atoms with van der Waals surface area (Å²) < 4.78 is 0. The van der Waals surface area contributed by atoms with Gasteiger partial charge in [0.05, 0.1) is 0 Å². The summed E-state index contributed by atoms with van der Waals surface area (Å²) in [4.78, 5) is 21.8. The summed E-state index contributed by atoms with van der Waals surface area (Å²) in [5.74, 6) is -3.20. The van der Waals surface area contributed by atoms with E-state index in [0.29, 0.717) is 5.92 Å². The van der Waals surface area contributed by atoms with Gasteiger partial charge in [0, 0.05) is 0 Å². The molecule has 1 atom stereocenters. The molecular formula is C14H26O4. The molecule has 0 amide bonds. The third kappa shape index (κ3) is 6.62. The van der Waals surface area contributed by atoms with Crippen molar-refractivity contribution in [2.75, 3.05) is 0 Å². The zero-order valence-electron chi connectivity index (χ0n) is 11.7. The molecule has 1 unspecified atom stereocenters. The van der Waals surface area contributed by atoms with Crippen molar-refractivity contribution >= 4 is 11.9 Å². The Kier molecular flexibility index (Phi) is 8.42. The van der Waals surface area contributed by atoms with Crippen LogP contribution in [0, 0.1) is 17.8 Å². The van der Waals surface area contributed by atoms with Gasteiger partial charge in [-0.3, -0.25) is 9.59 Å². The van der Waals surface area contributed by atoms with Gasteiger partial charge in [0.1, 0.15) is 0 Å². The third-order valence-electron chi connectivity index (χ3n) is 3.51. The van der Waals surface area contributed by atoms with Crippen LogP contribution in [0.3, 0.4) is 0 Å². The Morgan fingerprint density at radius 1 is 1.00 bits per heavy atom. The Morgan fingerprint density at radius 2 is 1.56 bits per heavy atom. The second kappa shape index (κ2) is 8.95. The number of unbranched alkanes of at least 4 members (excludes halogenated alkanes) is 3. The van der Waals surface area contributed by atoms with E-state index in [9.17, 15) is 9.59 Å². The van der Waals surface area contributed by atoms with E-state index in [4.69, 9.17) is 10.2 Å². The second-order valence-electron chi connectivity index (χ2n) is 5.32. The van der Waals surface area contributed by atoms with Crippen LogP contribution in [0.1, 0.15) is 59.3 Å². The van der Waals surface area contributed by atoms with Crippen molar-refractivity contribution in [3.63, 3.8) is 0 Å². The molecule has 0 aromatic heterocycles. The first-order chi connectivity index (χ1) is 8.40. The molecule has 0 saturated carbocycles. The van der Waals surface area contributed by atoms with Crippen molar-refractivity contribution in [1.29, 1.82) is 0 Å². The first-order valence-corrected chi connectivity index (χ1v) is 6.85. The first kappa shape index (κ1) is 16.9. The lowest BCUT2D eigenvalue weighted by Gasteiger charge is -2.22. The molecule has 2 N–H and O–H groups in total. The van der Waals surface area contributed by atoms with Gasteiger partial charge in [0.15, 0.2) is 5.92 Å². The molecule has 0 bridgehead atoms. The molecule has 0 fully saturated rings. The fourth-order valence-corrected chi connectivity index (χ4v) is 2.17. The lowest BCUT2D eigenvalue weighted by molar-refractivity contribution is -0.155. The molecule has 0 radical (unpaired) electrons. The van der Waals surface area contributed by atoms with Crippen LogP contribution in [-0.2, 0) is 9.59 Å². The van der Waals surface area contributed by atoms with Gasteiger partial charge in [-0.1, -0.05) is 52.9 Å². The molecule has 0 aliphatic heterocycles. The summed E-state index contributed by atoms with van der Waals surface area (Å²) in [5.41, 5.74) is 0. The molecule has 0 aromatic rings. The molecule has 0 rings (SSSR count). The molecule has 4 nitrogen and oxygen atoms in total. The number of carboxylic acids is 2. The fraction of sp³-hybridized carbons (Fsp3) is 0.857. The maximum Gasteiger partial charge on any atom is 0.317 e. The first-order valence-electron chi connectivity index (χ1n) is 6.85. The number of aliphatic carboxylic acids is 2. The largest absolute Gasteiger partial charge is 0.481 e. The van der Waals surface area contributed by atoms with Gasteiger partial charge in [-0.25, -0.2) is 0 Å². The average Bonchev–Trinajstić information content (AvgIpc) is 2.26. The topological polar surface area (TPSA) is 74.6 Å². The SMILES string of the molecule is CCCCCCC(CC(C(=O)O)C(=O)O)C(C)C. The fourth-order valence-electron chi connectivity index (χ4n) is 2.17. The number of hydrogen-bond donors (Lipinski definition) is 2. The van der Waals surface area contributed by atoms with Crippen molar-refractivity contribution in [3.8, 4) is 0 Å². The number of carboxylic acid groups (broad SMARTS) is 2. The summed E-state index contributed by atoms with van der Waals surface area (Å²) in [6.07, 6.45) is 5.72. The maximum absolute atomic E-state index is 10.9. The van der Waals surface area contributed by atoms with Crippen molar-refractivity contribution in [3.05, 3.63) is 0 Å². The van der Waals surface area contributed by atoms with E-state index in [1.165, 1.54) is 12.8 Å². The minimum Gasteiger partial charge on any atom is -0.481 e. The Morgan fingerprint density at radius 3 is 1.94 bits per heavy atom. The molecule has 0 aliphatic rings. The Bertz CT molecular complexity index is 247. The van der Waals surface area contributed by atoms with E-state index in [0.717, 1.165) is 19.3 Å². The van der Waals surface area contributed by atoms with Crippen LogP contribution in [0.2, 0.25) is 0 Å². The molecule has 0 heterocycles. The highest BCUT2D eigenvalue weighted by Gasteiger charge is 2.30. The molecule has 0 spiro atoms. The molecule has 0 saturated heterocycles. The van der Waals surface area contributed by atoms with E-state index in [1.54, 1.807) is 0 Å². The highest BCUT2D eigenvalue weighted by Crippen LogP contribution is 2.26. The van der Waals surface area contributed by atoms with Crippen LogP contribution in [0.5, 0.6) is 0 Å². The minimum atomic E-state index is -1.26. The number of rotatable bonds is 10. The summed E-state index contributed by atoms with van der Waals surface area (Å²) in [5, 5.41) is 17.8. The molecule has 4 heteroatoms. The predicted octanol–water partition coefficient (Wildman–Crippen LogP) is 3.40. The van der Waals surface area contributed by atoms with E-state index >= 15 is 0 Å². The van der Waals surface area contributed by atoms with E-state index in [2.05, 4.69) is 6.92 Å². The second-order valence-corrected chi connectivity index (χ2v) is 5.32. The Hall–Kier alpha value is -1.06. The van der Waals surface area contributed by atoms with Crippen LogP contribution in [0.15, 0.2) is 0 Å². The van der Waals surface area contributed by atoms with Crippen LogP contribution >= 0.6 is 0 Å². The van der Waals surface area contributed by atoms with Crippen LogP contribution in [0.25, 0.3) is 0 Å². The highest BCUT2D eigenvalue weighted by molar-refractivity contribution is 5.92. The van der Waals surface area contributed by atoms with Crippen LogP contribution < -0.4 is 0 Å².